The second-order valence-corrected chi connectivity index (χ2v) is 9.67. The molecule has 1 aliphatic rings. The van der Waals surface area contributed by atoms with Crippen LogP contribution < -0.4 is 10.2 Å². The molecule has 0 radical (unpaired) electrons. The van der Waals surface area contributed by atoms with Crippen LogP contribution >= 0.6 is 0 Å². The maximum Gasteiger partial charge on any atom is 0.418 e. The van der Waals surface area contributed by atoms with Gasteiger partial charge in [0.1, 0.15) is 5.82 Å². The SMILES string of the molecule is CNC1CCN(c2ccc(-c3ccc4ncc5c(C)nc(C(C)C)n5c4c3)cc2C(F)(F)F)CC1. The first-order chi connectivity index (χ1) is 16.7. The van der Waals surface area contributed by atoms with Crippen molar-refractivity contribution in [2.24, 2.45) is 0 Å². The van der Waals surface area contributed by atoms with Crippen LogP contribution in [0, 0.1) is 6.92 Å². The number of alkyl halides is 3. The Hall–Kier alpha value is -3.13. The van der Waals surface area contributed by atoms with Gasteiger partial charge in [0.2, 0.25) is 0 Å². The number of halogens is 3. The van der Waals surface area contributed by atoms with E-state index < -0.39 is 11.7 Å². The molecular weight excluding hydrogens is 451 g/mol. The molecule has 0 spiro atoms. The first-order valence-electron chi connectivity index (χ1n) is 12.1. The van der Waals surface area contributed by atoms with E-state index in [9.17, 15) is 13.2 Å². The van der Waals surface area contributed by atoms with Crippen molar-refractivity contribution in [1.82, 2.24) is 19.7 Å². The van der Waals surface area contributed by atoms with Gasteiger partial charge in [0.05, 0.1) is 34.0 Å². The van der Waals surface area contributed by atoms with Gasteiger partial charge in [-0.3, -0.25) is 9.38 Å². The molecule has 0 atom stereocenters. The summed E-state index contributed by atoms with van der Waals surface area (Å²) >= 11 is 0. The third-order valence-electron chi connectivity index (χ3n) is 7.06. The Kier molecular flexibility index (Phi) is 5.95. The second-order valence-electron chi connectivity index (χ2n) is 9.67. The summed E-state index contributed by atoms with van der Waals surface area (Å²) in [7, 11) is 1.90. The molecule has 0 bridgehead atoms. The van der Waals surface area contributed by atoms with Gasteiger partial charge in [0, 0.05) is 30.7 Å². The topological polar surface area (TPSA) is 45.5 Å². The number of piperidine rings is 1. The smallest absolute Gasteiger partial charge is 0.371 e. The number of aryl methyl sites for hydroxylation is 1. The van der Waals surface area contributed by atoms with Crippen LogP contribution in [-0.4, -0.2) is 40.5 Å². The number of rotatable bonds is 4. The molecule has 8 heteroatoms. The van der Waals surface area contributed by atoms with Crippen LogP contribution in [0.1, 0.15) is 49.7 Å². The standard InChI is InChI=1S/C27H30F3N5/c1-16(2)26-33-17(3)25-15-32-22-7-5-19(14-24(22)35(25)26)18-6-8-23(21(13-18)27(28,29)30)34-11-9-20(31-4)10-12-34/h5-8,13-16,20,31H,9-12H2,1-4H3. The molecule has 1 N–H and O–H groups in total. The van der Waals surface area contributed by atoms with Crippen LogP contribution in [0.15, 0.2) is 42.6 Å². The lowest BCUT2D eigenvalue weighted by atomic mass is 9.98. The zero-order chi connectivity index (χ0) is 24.9. The molecule has 0 aliphatic carbocycles. The van der Waals surface area contributed by atoms with E-state index >= 15 is 0 Å². The van der Waals surface area contributed by atoms with Crippen LogP contribution in [0.5, 0.6) is 0 Å². The van der Waals surface area contributed by atoms with Crippen molar-refractivity contribution >= 4 is 22.2 Å². The van der Waals surface area contributed by atoms with E-state index in [1.807, 2.05) is 43.3 Å². The molecule has 5 nitrogen and oxygen atoms in total. The highest BCUT2D eigenvalue weighted by molar-refractivity contribution is 5.85. The largest absolute Gasteiger partial charge is 0.418 e. The summed E-state index contributed by atoms with van der Waals surface area (Å²) in [6, 6.07) is 10.7. The molecule has 4 aromatic rings. The highest BCUT2D eigenvalue weighted by Crippen LogP contribution is 2.40. The summed E-state index contributed by atoms with van der Waals surface area (Å²) in [4.78, 5) is 11.2. The average Bonchev–Trinajstić information content (AvgIpc) is 3.20. The summed E-state index contributed by atoms with van der Waals surface area (Å²) in [5.41, 5.74) is 4.35. The van der Waals surface area contributed by atoms with Gasteiger partial charge in [0.15, 0.2) is 0 Å². The maximum absolute atomic E-state index is 14.2. The van der Waals surface area contributed by atoms with Gasteiger partial charge in [0.25, 0.3) is 0 Å². The molecule has 184 valence electrons. The van der Waals surface area contributed by atoms with Crippen LogP contribution in [0.3, 0.4) is 0 Å². The van der Waals surface area contributed by atoms with Crippen LogP contribution in [0.25, 0.3) is 27.7 Å². The van der Waals surface area contributed by atoms with Crippen molar-refractivity contribution < 1.29 is 13.2 Å². The van der Waals surface area contributed by atoms with Crippen molar-refractivity contribution in [2.75, 3.05) is 25.0 Å². The van der Waals surface area contributed by atoms with E-state index in [4.69, 9.17) is 4.98 Å². The van der Waals surface area contributed by atoms with E-state index in [1.165, 1.54) is 6.07 Å². The number of aromatic nitrogens is 3. The predicted molar refractivity (Wildman–Crippen MR) is 134 cm³/mol. The third-order valence-corrected chi connectivity index (χ3v) is 7.06. The van der Waals surface area contributed by atoms with Crippen LogP contribution in [-0.2, 0) is 6.18 Å². The van der Waals surface area contributed by atoms with Gasteiger partial charge in [-0.1, -0.05) is 26.0 Å². The van der Waals surface area contributed by atoms with Crippen molar-refractivity contribution in [3.05, 3.63) is 59.7 Å². The van der Waals surface area contributed by atoms with Gasteiger partial charge < -0.3 is 10.2 Å². The lowest BCUT2D eigenvalue weighted by molar-refractivity contribution is -0.137. The monoisotopic (exact) mass is 481 g/mol. The van der Waals surface area contributed by atoms with Gasteiger partial charge in [-0.25, -0.2) is 4.98 Å². The van der Waals surface area contributed by atoms with Gasteiger partial charge >= 0.3 is 6.18 Å². The van der Waals surface area contributed by atoms with E-state index in [1.54, 1.807) is 12.1 Å². The summed E-state index contributed by atoms with van der Waals surface area (Å²) in [5, 5.41) is 3.23. The Bertz CT molecular complexity index is 1380. The van der Waals surface area contributed by atoms with Crippen molar-refractivity contribution in [1.29, 1.82) is 0 Å². The molecule has 1 aliphatic heterocycles. The first kappa shape index (κ1) is 23.6. The van der Waals surface area contributed by atoms with Crippen molar-refractivity contribution in [3.8, 4) is 11.1 Å². The number of imidazole rings is 1. The lowest BCUT2D eigenvalue weighted by Crippen LogP contribution is -2.41. The summed E-state index contributed by atoms with van der Waals surface area (Å²) in [5.74, 6) is 1.10. The molecule has 0 amide bonds. The molecule has 0 unspecified atom stereocenters. The number of anilines is 1. The normalized spacial score (nSPS) is 15.6. The van der Waals surface area contributed by atoms with Gasteiger partial charge in [-0.2, -0.15) is 13.2 Å². The molecule has 35 heavy (non-hydrogen) atoms. The lowest BCUT2D eigenvalue weighted by Gasteiger charge is -2.35. The zero-order valence-electron chi connectivity index (χ0n) is 20.4. The summed E-state index contributed by atoms with van der Waals surface area (Å²) < 4.78 is 44.6. The summed E-state index contributed by atoms with van der Waals surface area (Å²) in [6.07, 6.45) is -0.982. The molecule has 3 heterocycles. The second kappa shape index (κ2) is 8.82. The summed E-state index contributed by atoms with van der Waals surface area (Å²) in [6.45, 7) is 7.32. The maximum atomic E-state index is 14.2. The Morgan fingerprint density at radius 1 is 1.00 bits per heavy atom. The number of hydrogen-bond acceptors (Lipinski definition) is 4. The highest BCUT2D eigenvalue weighted by atomic mass is 19.4. The third kappa shape index (κ3) is 4.24. The highest BCUT2D eigenvalue weighted by Gasteiger charge is 2.36. The van der Waals surface area contributed by atoms with Crippen molar-refractivity contribution in [2.45, 2.75) is 51.7 Å². The molecule has 0 saturated carbocycles. The fourth-order valence-electron chi connectivity index (χ4n) is 5.11. The first-order valence-corrected chi connectivity index (χ1v) is 12.1. The van der Waals surface area contributed by atoms with Crippen LogP contribution in [0.2, 0.25) is 0 Å². The van der Waals surface area contributed by atoms with E-state index in [0.717, 1.165) is 46.5 Å². The minimum Gasteiger partial charge on any atom is -0.371 e. The Morgan fingerprint density at radius 2 is 1.69 bits per heavy atom. The molecule has 2 aromatic heterocycles. The fraction of sp³-hybridized carbons (Fsp3) is 0.407. The molecule has 2 aromatic carbocycles. The number of nitrogens with zero attached hydrogens (tertiary/aromatic N) is 4. The minimum atomic E-state index is -4.44. The Morgan fingerprint density at radius 3 is 2.34 bits per heavy atom. The minimum absolute atomic E-state index is 0.189. The van der Waals surface area contributed by atoms with Gasteiger partial charge in [-0.05, 0) is 62.2 Å². The molecular formula is C27H30F3N5. The quantitative estimate of drug-likeness (QED) is 0.378. The Balaban J connectivity index is 1.62. The molecule has 1 saturated heterocycles. The zero-order valence-corrected chi connectivity index (χ0v) is 20.4. The van der Waals surface area contributed by atoms with E-state index in [0.29, 0.717) is 24.7 Å². The Labute approximate surface area is 203 Å². The van der Waals surface area contributed by atoms with Crippen molar-refractivity contribution in [3.63, 3.8) is 0 Å². The molecule has 1 fully saturated rings. The average molecular weight is 482 g/mol. The van der Waals surface area contributed by atoms with E-state index in [2.05, 4.69) is 28.5 Å². The number of hydrogen-bond donors (Lipinski definition) is 1. The van der Waals surface area contributed by atoms with E-state index in [-0.39, 0.29) is 11.6 Å². The number of fused-ring (bicyclic) bond motifs is 3. The van der Waals surface area contributed by atoms with Crippen LogP contribution in [0.4, 0.5) is 18.9 Å². The number of benzene rings is 2. The van der Waals surface area contributed by atoms with Gasteiger partial charge in [-0.15, -0.1) is 0 Å². The predicted octanol–water partition coefficient (Wildman–Crippen LogP) is 6.19. The number of nitrogens with one attached hydrogen (secondary N) is 1. The fourth-order valence-corrected chi connectivity index (χ4v) is 5.11. The molecule has 5 rings (SSSR count).